The molecular weight excluding hydrogens is 330 g/mol. The average Bonchev–Trinajstić information content (AvgIpc) is 2.91. The van der Waals surface area contributed by atoms with Crippen molar-refractivity contribution >= 4 is 5.78 Å². The Hall–Kier alpha value is -1.59. The number of carbonyl (C=O) groups is 1. The monoisotopic (exact) mass is 357 g/mol. The van der Waals surface area contributed by atoms with Crippen molar-refractivity contribution in [2.45, 2.75) is 68.6 Å². The van der Waals surface area contributed by atoms with Gasteiger partial charge in [0.1, 0.15) is 0 Å². The quantitative estimate of drug-likeness (QED) is 0.897. The van der Waals surface area contributed by atoms with Gasteiger partial charge in [-0.25, -0.2) is 0 Å². The molecule has 1 saturated heterocycles. The van der Waals surface area contributed by atoms with Crippen molar-refractivity contribution in [3.8, 4) is 11.5 Å². The molecule has 0 amide bonds. The van der Waals surface area contributed by atoms with E-state index >= 15 is 0 Å². The highest BCUT2D eigenvalue weighted by Crippen LogP contribution is 2.68. The summed E-state index contributed by atoms with van der Waals surface area (Å²) in [4.78, 5) is 13.2. The van der Waals surface area contributed by atoms with Crippen LogP contribution in [0.25, 0.3) is 0 Å². The van der Waals surface area contributed by atoms with Gasteiger partial charge in [0.05, 0.1) is 18.1 Å². The fourth-order valence-electron chi connectivity index (χ4n) is 6.38. The van der Waals surface area contributed by atoms with Gasteiger partial charge in [0.2, 0.25) is 0 Å². The second-order valence-corrected chi connectivity index (χ2v) is 8.29. The summed E-state index contributed by atoms with van der Waals surface area (Å²) in [6, 6.07) is 4.34. The normalized spacial score (nSPS) is 39.3. The van der Waals surface area contributed by atoms with Gasteiger partial charge in [0.25, 0.3) is 0 Å². The lowest BCUT2D eigenvalue weighted by Gasteiger charge is -2.64. The third kappa shape index (κ3) is 1.59. The highest BCUT2D eigenvalue weighted by Gasteiger charge is 2.77. The van der Waals surface area contributed by atoms with E-state index in [1.54, 1.807) is 7.11 Å². The van der Waals surface area contributed by atoms with Crippen LogP contribution in [0.5, 0.6) is 11.5 Å². The summed E-state index contributed by atoms with van der Waals surface area (Å²) in [7, 11) is 1.67. The fourth-order valence-corrected chi connectivity index (χ4v) is 6.38. The zero-order valence-electron chi connectivity index (χ0n) is 15.8. The number of ketones is 1. The van der Waals surface area contributed by atoms with Crippen LogP contribution in [-0.2, 0) is 21.4 Å². The molecule has 4 aliphatic rings. The molecule has 1 aromatic carbocycles. The van der Waals surface area contributed by atoms with Gasteiger partial charge in [0, 0.05) is 24.6 Å². The van der Waals surface area contributed by atoms with Crippen LogP contribution in [0, 0.1) is 0 Å². The van der Waals surface area contributed by atoms with E-state index in [1.807, 2.05) is 13.0 Å². The lowest BCUT2D eigenvalue weighted by Crippen LogP contribution is -2.80. The van der Waals surface area contributed by atoms with E-state index in [1.165, 1.54) is 11.1 Å². The van der Waals surface area contributed by atoms with Gasteiger partial charge in [0.15, 0.2) is 22.9 Å². The Kier molecular flexibility index (Phi) is 3.33. The Morgan fingerprint density at radius 3 is 2.96 bits per heavy atom. The van der Waals surface area contributed by atoms with E-state index in [-0.39, 0.29) is 11.8 Å². The van der Waals surface area contributed by atoms with Gasteiger partial charge in [-0.05, 0) is 50.8 Å². The Morgan fingerprint density at radius 2 is 2.19 bits per heavy atom. The fraction of sp³-hybridized carbons (Fsp3) is 0.667. The lowest BCUT2D eigenvalue weighted by atomic mass is 9.45. The largest absolute Gasteiger partial charge is 0.493 e. The van der Waals surface area contributed by atoms with E-state index in [4.69, 9.17) is 14.2 Å². The zero-order valence-corrected chi connectivity index (χ0v) is 15.8. The highest BCUT2D eigenvalue weighted by molar-refractivity contribution is 5.94. The number of hydrogen-bond donors (Lipinski definition) is 1. The van der Waals surface area contributed by atoms with E-state index in [9.17, 15) is 4.79 Å². The van der Waals surface area contributed by atoms with E-state index in [0.29, 0.717) is 13.0 Å². The molecule has 140 valence electrons. The number of nitrogens with one attached hydrogen (secondary N) is 1. The molecule has 1 N–H and O–H groups in total. The molecule has 2 fully saturated rings. The average molecular weight is 357 g/mol. The number of benzene rings is 1. The van der Waals surface area contributed by atoms with Crippen LogP contribution in [0.2, 0.25) is 0 Å². The maximum absolute atomic E-state index is 13.2. The Labute approximate surface area is 154 Å². The summed E-state index contributed by atoms with van der Waals surface area (Å²) in [5.41, 5.74) is 0.742. The number of rotatable bonds is 4. The number of methoxy groups -OCH3 is 1. The third-order valence-electron chi connectivity index (χ3n) is 7.39. The number of piperidine rings is 1. The van der Waals surface area contributed by atoms with Crippen LogP contribution >= 0.6 is 0 Å². The Balaban J connectivity index is 1.84. The SMILES string of the molecule is CCCO[C@@]12CCC(=O)[C@]3(C)Oc4c(OC)ccc5c4[C@@]31CCN[C@@H]2C5. The molecule has 0 unspecified atom stereocenters. The minimum absolute atomic E-state index is 0.194. The van der Waals surface area contributed by atoms with Gasteiger partial charge in [-0.1, -0.05) is 13.0 Å². The first kappa shape index (κ1) is 16.6. The van der Waals surface area contributed by atoms with Crippen LogP contribution in [0.1, 0.15) is 50.7 Å². The van der Waals surface area contributed by atoms with Gasteiger partial charge < -0.3 is 19.5 Å². The van der Waals surface area contributed by atoms with Crippen LogP contribution in [-0.4, -0.2) is 43.3 Å². The Bertz CT molecular complexity index is 792. The summed E-state index contributed by atoms with van der Waals surface area (Å²) < 4.78 is 18.8. The number of hydrogen-bond acceptors (Lipinski definition) is 5. The van der Waals surface area contributed by atoms with Crippen LogP contribution in [0.4, 0.5) is 0 Å². The van der Waals surface area contributed by atoms with Crippen molar-refractivity contribution in [1.29, 1.82) is 0 Å². The molecule has 1 saturated carbocycles. The highest BCUT2D eigenvalue weighted by atomic mass is 16.5. The minimum Gasteiger partial charge on any atom is -0.493 e. The molecule has 5 nitrogen and oxygen atoms in total. The molecule has 5 rings (SSSR count). The predicted octanol–water partition coefficient (Wildman–Crippen LogP) is 2.53. The van der Waals surface area contributed by atoms with Gasteiger partial charge in [-0.15, -0.1) is 0 Å². The number of ether oxygens (including phenoxy) is 3. The summed E-state index contributed by atoms with van der Waals surface area (Å²) in [6.45, 7) is 5.72. The third-order valence-corrected chi connectivity index (χ3v) is 7.39. The van der Waals surface area contributed by atoms with Gasteiger partial charge >= 0.3 is 0 Å². The number of Topliss-reactive ketones (excluding diaryl/α,β-unsaturated/α-hetero) is 1. The van der Waals surface area contributed by atoms with Crippen molar-refractivity contribution in [2.75, 3.05) is 20.3 Å². The molecule has 0 radical (unpaired) electrons. The summed E-state index contributed by atoms with van der Waals surface area (Å²) in [6.07, 6.45) is 3.99. The van der Waals surface area contributed by atoms with Crippen molar-refractivity contribution in [2.24, 2.45) is 0 Å². The van der Waals surface area contributed by atoms with Crippen LogP contribution < -0.4 is 14.8 Å². The molecule has 0 aromatic heterocycles. The molecule has 2 aliphatic carbocycles. The molecule has 5 heteroatoms. The molecule has 2 heterocycles. The molecular formula is C21H27NO4. The van der Waals surface area contributed by atoms with Crippen LogP contribution in [0.3, 0.4) is 0 Å². The smallest absolute Gasteiger partial charge is 0.177 e. The first-order valence-corrected chi connectivity index (χ1v) is 9.84. The van der Waals surface area contributed by atoms with Crippen LogP contribution in [0.15, 0.2) is 12.1 Å². The molecule has 1 spiro atoms. The second kappa shape index (κ2) is 5.23. The maximum atomic E-state index is 13.2. The predicted molar refractivity (Wildman–Crippen MR) is 97.0 cm³/mol. The van der Waals surface area contributed by atoms with Crippen molar-refractivity contribution < 1.29 is 19.0 Å². The number of carbonyl (C=O) groups excluding carboxylic acids is 1. The van der Waals surface area contributed by atoms with E-state index in [2.05, 4.69) is 18.3 Å². The minimum atomic E-state index is -0.883. The lowest BCUT2D eigenvalue weighted by molar-refractivity contribution is -0.209. The maximum Gasteiger partial charge on any atom is 0.177 e. The summed E-state index contributed by atoms with van der Waals surface area (Å²) >= 11 is 0. The van der Waals surface area contributed by atoms with E-state index < -0.39 is 16.6 Å². The standard InChI is InChI=1S/C21H27NO4/c1-4-11-25-21-8-7-16(23)19(2)20(21)9-10-22-15(21)12-13-5-6-14(24-3)18(26-19)17(13)20/h5-6,15,22H,4,7-12H2,1-3H3/t15-,19+,20+,21-/m1/s1. The van der Waals surface area contributed by atoms with Crippen molar-refractivity contribution in [3.05, 3.63) is 23.3 Å². The molecule has 2 bridgehead atoms. The van der Waals surface area contributed by atoms with E-state index in [0.717, 1.165) is 43.7 Å². The second-order valence-electron chi connectivity index (χ2n) is 8.29. The first-order valence-electron chi connectivity index (χ1n) is 9.84. The molecule has 4 atom stereocenters. The summed E-state index contributed by atoms with van der Waals surface area (Å²) in [5, 5.41) is 3.72. The molecule has 1 aromatic rings. The summed E-state index contributed by atoms with van der Waals surface area (Å²) in [5.74, 6) is 1.69. The van der Waals surface area contributed by atoms with Gasteiger partial charge in [-0.3, -0.25) is 4.79 Å². The topological polar surface area (TPSA) is 56.8 Å². The van der Waals surface area contributed by atoms with Gasteiger partial charge in [-0.2, -0.15) is 0 Å². The Morgan fingerprint density at radius 1 is 1.35 bits per heavy atom. The first-order chi connectivity index (χ1) is 12.5. The molecule has 2 aliphatic heterocycles. The molecule has 26 heavy (non-hydrogen) atoms. The van der Waals surface area contributed by atoms with Crippen molar-refractivity contribution in [1.82, 2.24) is 5.32 Å². The zero-order chi connectivity index (χ0) is 18.2. The van der Waals surface area contributed by atoms with Crippen molar-refractivity contribution in [3.63, 3.8) is 0 Å².